The van der Waals surface area contributed by atoms with Gasteiger partial charge in [-0.2, -0.15) is 0 Å². The molecular formula is C19H28N4S. The number of hydrogen-bond donors (Lipinski definition) is 0. The zero-order valence-corrected chi connectivity index (χ0v) is 15.6. The highest BCUT2D eigenvalue weighted by atomic mass is 32.1. The molecule has 1 atom stereocenters. The first kappa shape index (κ1) is 17.5. The third-order valence-corrected chi connectivity index (χ3v) is 5.68. The Labute approximate surface area is 149 Å². The van der Waals surface area contributed by atoms with Crippen molar-refractivity contribution in [1.29, 1.82) is 0 Å². The van der Waals surface area contributed by atoms with Crippen molar-refractivity contribution in [2.45, 2.75) is 52.2 Å². The van der Waals surface area contributed by atoms with Crippen molar-refractivity contribution in [3.05, 3.63) is 46.2 Å². The minimum absolute atomic E-state index is 0.686. The summed E-state index contributed by atoms with van der Waals surface area (Å²) in [6.07, 6.45) is 7.55. The number of likely N-dealkylation sites (N-methyl/N-ethyl adjacent to an activating group) is 1. The summed E-state index contributed by atoms with van der Waals surface area (Å²) in [5.41, 5.74) is 1.21. The summed E-state index contributed by atoms with van der Waals surface area (Å²) in [5.74, 6) is 0.927. The molecule has 3 heterocycles. The Bertz CT molecular complexity index is 596. The van der Waals surface area contributed by atoms with Crippen LogP contribution in [0.4, 0.5) is 0 Å². The van der Waals surface area contributed by atoms with Gasteiger partial charge in [-0.1, -0.05) is 19.9 Å². The summed E-state index contributed by atoms with van der Waals surface area (Å²) < 4.78 is 0. The predicted molar refractivity (Wildman–Crippen MR) is 100 cm³/mol. The second-order valence-corrected chi connectivity index (χ2v) is 7.57. The monoisotopic (exact) mass is 344 g/mol. The quantitative estimate of drug-likeness (QED) is 0.732. The molecule has 3 rings (SSSR count). The molecule has 1 aliphatic rings. The summed E-state index contributed by atoms with van der Waals surface area (Å²) in [4.78, 5) is 15.5. The Hall–Kier alpha value is -1.30. The van der Waals surface area contributed by atoms with Crippen molar-refractivity contribution in [1.82, 2.24) is 19.8 Å². The zero-order chi connectivity index (χ0) is 16.8. The Kier molecular flexibility index (Phi) is 6.35. The van der Waals surface area contributed by atoms with Crippen LogP contribution in [0.15, 0.2) is 29.9 Å². The average Bonchev–Trinajstić information content (AvgIpc) is 3.27. The lowest BCUT2D eigenvalue weighted by molar-refractivity contribution is 0.166. The molecule has 0 saturated carbocycles. The van der Waals surface area contributed by atoms with E-state index in [1.165, 1.54) is 29.8 Å². The normalized spacial score (nSPS) is 18.5. The van der Waals surface area contributed by atoms with E-state index in [-0.39, 0.29) is 0 Å². The number of hydrogen-bond acceptors (Lipinski definition) is 5. The van der Waals surface area contributed by atoms with E-state index in [0.717, 1.165) is 38.4 Å². The van der Waals surface area contributed by atoms with Crippen LogP contribution < -0.4 is 0 Å². The highest BCUT2D eigenvalue weighted by Gasteiger charge is 2.25. The number of likely N-dealkylation sites (tertiary alicyclic amines) is 1. The number of aryl methyl sites for hydroxylation is 1. The maximum Gasteiger partial charge on any atom is 0.127 e. The lowest BCUT2D eigenvalue weighted by atomic mass is 10.2. The molecule has 0 aliphatic carbocycles. The molecule has 0 radical (unpaired) electrons. The van der Waals surface area contributed by atoms with Gasteiger partial charge in [-0.25, -0.2) is 9.97 Å². The van der Waals surface area contributed by atoms with E-state index in [0.29, 0.717) is 6.04 Å². The van der Waals surface area contributed by atoms with E-state index in [4.69, 9.17) is 0 Å². The summed E-state index contributed by atoms with van der Waals surface area (Å²) >= 11 is 1.85. The van der Waals surface area contributed by atoms with Gasteiger partial charge in [-0.3, -0.25) is 9.80 Å². The standard InChI is InChI=1S/C19H28N4S/c1-3-19-20-11-16(12-21-19)13-22(15-18-8-6-10-24-18)14-17-7-5-9-23(17)4-2/h6,8,10-12,17H,3-5,7,9,13-15H2,1-2H3/t17-/m0/s1. The SMILES string of the molecule is CCc1ncc(CN(Cc2cccs2)C[C@@H]2CCCN2CC)cn1. The van der Waals surface area contributed by atoms with Gasteiger partial charge in [-0.05, 0) is 37.4 Å². The van der Waals surface area contributed by atoms with Gasteiger partial charge in [-0.15, -0.1) is 11.3 Å². The third kappa shape index (κ3) is 4.62. The van der Waals surface area contributed by atoms with Crippen LogP contribution in [0.3, 0.4) is 0 Å². The van der Waals surface area contributed by atoms with Crippen molar-refractivity contribution in [2.24, 2.45) is 0 Å². The third-order valence-electron chi connectivity index (χ3n) is 4.81. The van der Waals surface area contributed by atoms with Crippen molar-refractivity contribution in [3.8, 4) is 0 Å². The van der Waals surface area contributed by atoms with E-state index in [9.17, 15) is 0 Å². The highest BCUT2D eigenvalue weighted by molar-refractivity contribution is 7.09. The molecule has 1 fully saturated rings. The first-order valence-electron chi connectivity index (χ1n) is 9.07. The van der Waals surface area contributed by atoms with Crippen LogP contribution in [0, 0.1) is 0 Å². The van der Waals surface area contributed by atoms with Crippen LogP contribution in [-0.2, 0) is 19.5 Å². The fraction of sp³-hybridized carbons (Fsp3) is 0.579. The second kappa shape index (κ2) is 8.70. The first-order chi connectivity index (χ1) is 11.8. The van der Waals surface area contributed by atoms with Crippen LogP contribution >= 0.6 is 11.3 Å². The summed E-state index contributed by atoms with van der Waals surface area (Å²) in [5, 5.41) is 2.17. The number of aromatic nitrogens is 2. The smallest absolute Gasteiger partial charge is 0.127 e. The molecule has 5 heteroatoms. The lowest BCUT2D eigenvalue weighted by Gasteiger charge is -2.30. The molecule has 2 aromatic rings. The highest BCUT2D eigenvalue weighted by Crippen LogP contribution is 2.21. The van der Waals surface area contributed by atoms with Gasteiger partial charge in [0.25, 0.3) is 0 Å². The van der Waals surface area contributed by atoms with Crippen LogP contribution in [0.5, 0.6) is 0 Å². The molecule has 0 N–H and O–H groups in total. The topological polar surface area (TPSA) is 32.3 Å². The zero-order valence-electron chi connectivity index (χ0n) is 14.8. The molecular weight excluding hydrogens is 316 g/mol. The maximum atomic E-state index is 4.46. The molecule has 1 saturated heterocycles. The van der Waals surface area contributed by atoms with E-state index >= 15 is 0 Å². The first-order valence-corrected chi connectivity index (χ1v) is 9.95. The fourth-order valence-corrected chi connectivity index (χ4v) is 4.27. The largest absolute Gasteiger partial charge is 0.299 e. The van der Waals surface area contributed by atoms with Gasteiger partial charge in [0.2, 0.25) is 0 Å². The molecule has 4 nitrogen and oxygen atoms in total. The number of rotatable bonds is 8. The minimum Gasteiger partial charge on any atom is -0.299 e. The van der Waals surface area contributed by atoms with Gasteiger partial charge in [0.1, 0.15) is 5.82 Å². The van der Waals surface area contributed by atoms with Gasteiger partial charge >= 0.3 is 0 Å². The van der Waals surface area contributed by atoms with E-state index < -0.39 is 0 Å². The van der Waals surface area contributed by atoms with Crippen molar-refractivity contribution in [2.75, 3.05) is 19.6 Å². The Morgan fingerprint density at radius 2 is 2.08 bits per heavy atom. The molecule has 0 aromatic carbocycles. The molecule has 130 valence electrons. The predicted octanol–water partition coefficient (Wildman–Crippen LogP) is 3.59. The summed E-state index contributed by atoms with van der Waals surface area (Å²) in [6, 6.07) is 5.07. The van der Waals surface area contributed by atoms with E-state index in [1.807, 2.05) is 23.7 Å². The summed E-state index contributed by atoms with van der Waals surface area (Å²) in [6.45, 7) is 9.85. The van der Waals surface area contributed by atoms with Gasteiger partial charge in [0.15, 0.2) is 0 Å². The van der Waals surface area contributed by atoms with Crippen LogP contribution in [0.1, 0.15) is 43.0 Å². The van der Waals surface area contributed by atoms with Crippen LogP contribution in [0.2, 0.25) is 0 Å². The average molecular weight is 345 g/mol. The Morgan fingerprint density at radius 1 is 1.25 bits per heavy atom. The van der Waals surface area contributed by atoms with Crippen molar-refractivity contribution < 1.29 is 0 Å². The summed E-state index contributed by atoms with van der Waals surface area (Å²) in [7, 11) is 0. The Morgan fingerprint density at radius 3 is 2.75 bits per heavy atom. The molecule has 0 unspecified atom stereocenters. The van der Waals surface area contributed by atoms with Crippen LogP contribution in [0.25, 0.3) is 0 Å². The lowest BCUT2D eigenvalue weighted by Crippen LogP contribution is -2.39. The minimum atomic E-state index is 0.686. The molecule has 1 aliphatic heterocycles. The molecule has 0 spiro atoms. The number of thiophene rings is 1. The van der Waals surface area contributed by atoms with Crippen molar-refractivity contribution in [3.63, 3.8) is 0 Å². The molecule has 2 aromatic heterocycles. The number of nitrogens with zero attached hydrogens (tertiary/aromatic N) is 4. The van der Waals surface area contributed by atoms with E-state index in [2.05, 4.69) is 51.1 Å². The second-order valence-electron chi connectivity index (χ2n) is 6.53. The molecule has 0 bridgehead atoms. The molecule has 0 amide bonds. The van der Waals surface area contributed by atoms with Gasteiger partial charge < -0.3 is 0 Å². The maximum absolute atomic E-state index is 4.46. The van der Waals surface area contributed by atoms with Gasteiger partial charge in [0.05, 0.1) is 0 Å². The van der Waals surface area contributed by atoms with Gasteiger partial charge in [0, 0.05) is 54.9 Å². The van der Waals surface area contributed by atoms with Crippen molar-refractivity contribution >= 4 is 11.3 Å². The molecule has 24 heavy (non-hydrogen) atoms. The fourth-order valence-electron chi connectivity index (χ4n) is 3.53. The Balaban J connectivity index is 1.68. The van der Waals surface area contributed by atoms with E-state index in [1.54, 1.807) is 0 Å². The van der Waals surface area contributed by atoms with Crippen LogP contribution in [-0.4, -0.2) is 45.4 Å².